The number of benzene rings is 1. The van der Waals surface area contributed by atoms with Crippen LogP contribution in [-0.2, 0) is 11.0 Å². The molecule has 2 heterocycles. The summed E-state index contributed by atoms with van der Waals surface area (Å²) < 4.78 is 40.0. The molecule has 32 heavy (non-hydrogen) atoms. The highest BCUT2D eigenvalue weighted by molar-refractivity contribution is 5.80. The van der Waals surface area contributed by atoms with Gasteiger partial charge in [-0.1, -0.05) is 43.5 Å². The minimum Gasteiger partial charge on any atom is -0.365 e. The fourth-order valence-electron chi connectivity index (χ4n) is 5.17. The molecule has 2 aliphatic rings. The average Bonchev–Trinajstić information content (AvgIpc) is 3.16. The van der Waals surface area contributed by atoms with Crippen molar-refractivity contribution in [3.05, 3.63) is 58.8 Å². The molecule has 1 saturated carbocycles. The number of rotatable bonds is 4. The van der Waals surface area contributed by atoms with Gasteiger partial charge in [-0.15, -0.1) is 0 Å². The minimum atomic E-state index is -4.43. The number of nitrogens with zero attached hydrogens (tertiary/aromatic N) is 2. The summed E-state index contributed by atoms with van der Waals surface area (Å²) in [5.74, 6) is 0.422. The predicted octanol–water partition coefficient (Wildman–Crippen LogP) is 6.05. The van der Waals surface area contributed by atoms with Gasteiger partial charge in [0.1, 0.15) is 5.82 Å². The van der Waals surface area contributed by atoms with Gasteiger partial charge in [0.05, 0.1) is 17.6 Å². The zero-order chi connectivity index (χ0) is 22.9. The van der Waals surface area contributed by atoms with E-state index < -0.39 is 11.7 Å². The van der Waals surface area contributed by atoms with Crippen LogP contribution in [0.2, 0.25) is 0 Å². The van der Waals surface area contributed by atoms with Crippen molar-refractivity contribution in [3.8, 4) is 0 Å². The lowest BCUT2D eigenvalue weighted by atomic mass is 9.87. The van der Waals surface area contributed by atoms with E-state index in [1.54, 1.807) is 6.92 Å². The summed E-state index contributed by atoms with van der Waals surface area (Å²) in [7, 11) is 0. The van der Waals surface area contributed by atoms with Crippen LogP contribution in [0.25, 0.3) is 0 Å². The third kappa shape index (κ3) is 4.76. The molecule has 2 fully saturated rings. The van der Waals surface area contributed by atoms with E-state index in [9.17, 15) is 18.0 Å². The lowest BCUT2D eigenvalue weighted by Gasteiger charge is -2.34. The average molecular weight is 446 g/mol. The highest BCUT2D eigenvalue weighted by Crippen LogP contribution is 2.39. The van der Waals surface area contributed by atoms with E-state index in [0.717, 1.165) is 48.9 Å². The lowest BCUT2D eigenvalue weighted by molar-refractivity contribution is -0.138. The van der Waals surface area contributed by atoms with E-state index in [-0.39, 0.29) is 29.7 Å². The monoisotopic (exact) mass is 445 g/mol. The van der Waals surface area contributed by atoms with E-state index >= 15 is 0 Å². The van der Waals surface area contributed by atoms with Crippen LogP contribution in [0.4, 0.5) is 19.0 Å². The Morgan fingerprint density at radius 2 is 1.78 bits per heavy atom. The highest BCUT2D eigenvalue weighted by Gasteiger charge is 2.41. The third-order valence-corrected chi connectivity index (χ3v) is 6.76. The first kappa shape index (κ1) is 22.6. The zero-order valence-corrected chi connectivity index (χ0v) is 18.6. The van der Waals surface area contributed by atoms with E-state index in [0.29, 0.717) is 18.7 Å². The van der Waals surface area contributed by atoms with E-state index in [1.807, 2.05) is 36.1 Å². The van der Waals surface area contributed by atoms with Gasteiger partial charge in [0.2, 0.25) is 5.91 Å². The summed E-state index contributed by atoms with van der Waals surface area (Å²) in [5, 5.41) is 3.25. The first-order chi connectivity index (χ1) is 15.2. The normalized spacial score (nSPS) is 22.2. The summed E-state index contributed by atoms with van der Waals surface area (Å²) in [5.41, 5.74) is 1.70. The molecule has 0 bridgehead atoms. The Labute approximate surface area is 187 Å². The topological polar surface area (TPSA) is 45.2 Å². The standard InChI is InChI=1S/C25H30F3N3O/c1-16-8-6-7-11-20(16)23-21(12-13-31(23)24(32)18-9-4-3-5-10-18)30-22-15-19(25(26,27)28)14-17(2)29-22/h6-8,11,14-15,18,21,23H,3-5,9-10,12-13H2,1-2H3,(H,29,30). The van der Waals surface area contributed by atoms with Crippen molar-refractivity contribution in [2.45, 2.75) is 70.6 Å². The van der Waals surface area contributed by atoms with Gasteiger partial charge in [-0.05, 0) is 56.4 Å². The van der Waals surface area contributed by atoms with E-state index in [1.165, 1.54) is 6.42 Å². The van der Waals surface area contributed by atoms with Crippen LogP contribution in [0, 0.1) is 19.8 Å². The van der Waals surface area contributed by atoms with Gasteiger partial charge in [0.25, 0.3) is 0 Å². The first-order valence-electron chi connectivity index (χ1n) is 11.4. The fourth-order valence-corrected chi connectivity index (χ4v) is 5.17. The number of anilines is 1. The summed E-state index contributed by atoms with van der Waals surface area (Å²) in [6.45, 7) is 4.16. The summed E-state index contributed by atoms with van der Waals surface area (Å²) in [6.07, 6.45) is 1.40. The van der Waals surface area contributed by atoms with Gasteiger partial charge in [-0.3, -0.25) is 4.79 Å². The minimum absolute atomic E-state index is 0.0444. The highest BCUT2D eigenvalue weighted by atomic mass is 19.4. The molecule has 172 valence electrons. The molecule has 0 spiro atoms. The summed E-state index contributed by atoms with van der Waals surface area (Å²) in [4.78, 5) is 19.7. The quantitative estimate of drug-likeness (QED) is 0.623. The Morgan fingerprint density at radius 3 is 2.47 bits per heavy atom. The van der Waals surface area contributed by atoms with Gasteiger partial charge in [0, 0.05) is 18.2 Å². The molecule has 7 heteroatoms. The van der Waals surface area contributed by atoms with Crippen molar-refractivity contribution >= 4 is 11.7 Å². The predicted molar refractivity (Wildman–Crippen MR) is 118 cm³/mol. The number of halogens is 3. The first-order valence-corrected chi connectivity index (χ1v) is 11.4. The molecule has 4 rings (SSSR count). The van der Waals surface area contributed by atoms with Crippen molar-refractivity contribution < 1.29 is 18.0 Å². The zero-order valence-electron chi connectivity index (χ0n) is 18.6. The number of amides is 1. The van der Waals surface area contributed by atoms with Gasteiger partial charge in [-0.25, -0.2) is 4.98 Å². The number of hydrogen-bond donors (Lipinski definition) is 1. The van der Waals surface area contributed by atoms with Crippen LogP contribution in [0.15, 0.2) is 36.4 Å². The molecule has 2 atom stereocenters. The van der Waals surface area contributed by atoms with Crippen molar-refractivity contribution in [1.29, 1.82) is 0 Å². The molecule has 1 N–H and O–H groups in total. The number of likely N-dealkylation sites (tertiary alicyclic amines) is 1. The number of pyridine rings is 1. The Kier molecular flexibility index (Phi) is 6.45. The second-order valence-corrected chi connectivity index (χ2v) is 9.09. The Morgan fingerprint density at radius 1 is 1.06 bits per heavy atom. The smallest absolute Gasteiger partial charge is 0.365 e. The van der Waals surface area contributed by atoms with E-state index in [4.69, 9.17) is 0 Å². The van der Waals surface area contributed by atoms with E-state index in [2.05, 4.69) is 10.3 Å². The maximum absolute atomic E-state index is 13.5. The third-order valence-electron chi connectivity index (χ3n) is 6.76. The number of carbonyl (C=O) groups excluding carboxylic acids is 1. The Balaban J connectivity index is 1.65. The molecular formula is C25H30F3N3O. The molecule has 1 aromatic carbocycles. The summed E-state index contributed by atoms with van der Waals surface area (Å²) in [6, 6.07) is 9.62. The second-order valence-electron chi connectivity index (χ2n) is 9.09. The van der Waals surface area contributed by atoms with Crippen LogP contribution in [0.3, 0.4) is 0 Å². The Bertz CT molecular complexity index is 969. The molecule has 0 radical (unpaired) electrons. The summed E-state index contributed by atoms with van der Waals surface area (Å²) >= 11 is 0. The molecular weight excluding hydrogens is 415 g/mol. The molecule has 4 nitrogen and oxygen atoms in total. The van der Waals surface area contributed by atoms with Crippen molar-refractivity contribution in [2.24, 2.45) is 5.92 Å². The SMILES string of the molecule is Cc1cc(C(F)(F)F)cc(NC2CCN(C(=O)C3CCCCC3)C2c2ccccc2C)n1. The number of nitrogens with one attached hydrogen (secondary N) is 1. The molecule has 1 saturated heterocycles. The number of carbonyl (C=O) groups is 1. The van der Waals surface area contributed by atoms with Gasteiger partial charge in [0.15, 0.2) is 0 Å². The van der Waals surface area contributed by atoms with Crippen molar-refractivity contribution in [2.75, 3.05) is 11.9 Å². The van der Waals surface area contributed by atoms with Crippen LogP contribution in [-0.4, -0.2) is 28.4 Å². The van der Waals surface area contributed by atoms with Gasteiger partial charge >= 0.3 is 6.18 Å². The van der Waals surface area contributed by atoms with Gasteiger partial charge < -0.3 is 10.2 Å². The number of aryl methyl sites for hydroxylation is 2. The number of hydrogen-bond acceptors (Lipinski definition) is 3. The van der Waals surface area contributed by atoms with Crippen molar-refractivity contribution in [3.63, 3.8) is 0 Å². The lowest BCUT2D eigenvalue weighted by Crippen LogP contribution is -2.40. The van der Waals surface area contributed by atoms with Crippen LogP contribution in [0.1, 0.15) is 67.0 Å². The van der Waals surface area contributed by atoms with Crippen LogP contribution in [0.5, 0.6) is 0 Å². The molecule has 1 aliphatic heterocycles. The fraction of sp³-hybridized carbons (Fsp3) is 0.520. The second kappa shape index (κ2) is 9.12. The molecule has 2 unspecified atom stereocenters. The molecule has 1 aromatic heterocycles. The van der Waals surface area contributed by atoms with Crippen LogP contribution >= 0.6 is 0 Å². The molecule has 2 aromatic rings. The van der Waals surface area contributed by atoms with Gasteiger partial charge in [-0.2, -0.15) is 13.2 Å². The number of alkyl halides is 3. The Hall–Kier alpha value is -2.57. The number of aromatic nitrogens is 1. The maximum atomic E-state index is 13.5. The van der Waals surface area contributed by atoms with Crippen LogP contribution < -0.4 is 5.32 Å². The largest absolute Gasteiger partial charge is 0.416 e. The maximum Gasteiger partial charge on any atom is 0.416 e. The molecule has 1 aliphatic carbocycles. The van der Waals surface area contributed by atoms with Crippen molar-refractivity contribution in [1.82, 2.24) is 9.88 Å². The molecule has 1 amide bonds.